The molecule has 0 amide bonds. The second kappa shape index (κ2) is 8.50. The van der Waals surface area contributed by atoms with E-state index in [0.29, 0.717) is 28.7 Å². The Balaban J connectivity index is 2.00. The molecule has 0 aliphatic heterocycles. The number of hydrogen-bond donors (Lipinski definition) is 1. The fraction of sp³-hybridized carbons (Fsp3) is 0.211. The largest absolute Gasteiger partial charge is 0.497 e. The van der Waals surface area contributed by atoms with Gasteiger partial charge in [0.2, 0.25) is 4.77 Å². The molecule has 1 heterocycles. The second-order valence-corrected chi connectivity index (χ2v) is 5.86. The van der Waals surface area contributed by atoms with Gasteiger partial charge in [0.25, 0.3) is 0 Å². The van der Waals surface area contributed by atoms with E-state index < -0.39 is 0 Å². The van der Waals surface area contributed by atoms with Crippen molar-refractivity contribution in [3.63, 3.8) is 0 Å². The summed E-state index contributed by atoms with van der Waals surface area (Å²) in [7, 11) is 3.21. The van der Waals surface area contributed by atoms with Crippen molar-refractivity contribution in [2.45, 2.75) is 6.92 Å². The van der Waals surface area contributed by atoms with Gasteiger partial charge in [0, 0.05) is 11.1 Å². The summed E-state index contributed by atoms with van der Waals surface area (Å²) in [6.07, 6.45) is 1.66. The standard InChI is InChI=1S/C19H20N4O3S/c1-4-26-16-7-5-6-13(10-16)18-21-22-19(27)23(18)20-12-14-11-15(24-2)8-9-17(14)25-3/h5-12H,4H2,1-3H3,(H,22,27)/b20-12-. The first-order valence-corrected chi connectivity index (χ1v) is 8.74. The highest BCUT2D eigenvalue weighted by Gasteiger charge is 2.10. The highest BCUT2D eigenvalue weighted by atomic mass is 32.1. The third-order valence-electron chi connectivity index (χ3n) is 3.80. The number of ether oxygens (including phenoxy) is 3. The van der Waals surface area contributed by atoms with Crippen LogP contribution in [0.5, 0.6) is 17.2 Å². The minimum atomic E-state index is 0.380. The van der Waals surface area contributed by atoms with Crippen LogP contribution in [-0.2, 0) is 0 Å². The summed E-state index contributed by atoms with van der Waals surface area (Å²) in [5.74, 6) is 2.72. The molecule has 3 rings (SSSR count). The minimum absolute atomic E-state index is 0.380. The maximum Gasteiger partial charge on any atom is 0.216 e. The van der Waals surface area contributed by atoms with Crippen LogP contribution in [0.15, 0.2) is 47.6 Å². The Morgan fingerprint density at radius 1 is 1.15 bits per heavy atom. The molecule has 8 heteroatoms. The van der Waals surface area contributed by atoms with Crippen LogP contribution in [0.1, 0.15) is 12.5 Å². The molecule has 0 saturated heterocycles. The molecule has 0 atom stereocenters. The van der Waals surface area contributed by atoms with E-state index in [1.807, 2.05) is 49.4 Å². The summed E-state index contributed by atoms with van der Waals surface area (Å²) in [5, 5.41) is 11.6. The van der Waals surface area contributed by atoms with E-state index in [9.17, 15) is 0 Å². The van der Waals surface area contributed by atoms with E-state index in [4.69, 9.17) is 26.4 Å². The number of benzene rings is 2. The molecule has 0 aliphatic rings. The van der Waals surface area contributed by atoms with Gasteiger partial charge in [-0.2, -0.15) is 14.9 Å². The molecule has 0 fully saturated rings. The van der Waals surface area contributed by atoms with E-state index in [1.54, 1.807) is 25.1 Å². The quantitative estimate of drug-likeness (QED) is 0.494. The lowest BCUT2D eigenvalue weighted by molar-refractivity contribution is 0.340. The topological polar surface area (TPSA) is 73.7 Å². The second-order valence-electron chi connectivity index (χ2n) is 5.48. The van der Waals surface area contributed by atoms with Gasteiger partial charge >= 0.3 is 0 Å². The van der Waals surface area contributed by atoms with Crippen molar-refractivity contribution in [2.75, 3.05) is 20.8 Å². The summed E-state index contributed by atoms with van der Waals surface area (Å²) < 4.78 is 18.1. The number of aromatic nitrogens is 3. The van der Waals surface area contributed by atoms with Gasteiger partial charge in [-0.1, -0.05) is 12.1 Å². The van der Waals surface area contributed by atoms with Crippen molar-refractivity contribution < 1.29 is 14.2 Å². The van der Waals surface area contributed by atoms with Crippen molar-refractivity contribution in [3.05, 3.63) is 52.8 Å². The van der Waals surface area contributed by atoms with E-state index in [-0.39, 0.29) is 0 Å². The molecule has 0 aliphatic carbocycles. The molecular weight excluding hydrogens is 364 g/mol. The van der Waals surface area contributed by atoms with Gasteiger partial charge in [-0.25, -0.2) is 5.10 Å². The molecule has 1 N–H and O–H groups in total. The first kappa shape index (κ1) is 18.7. The van der Waals surface area contributed by atoms with Gasteiger partial charge in [0.15, 0.2) is 5.82 Å². The third-order valence-corrected chi connectivity index (χ3v) is 4.07. The average Bonchev–Trinajstić information content (AvgIpc) is 3.07. The van der Waals surface area contributed by atoms with Crippen molar-refractivity contribution in [1.82, 2.24) is 14.9 Å². The fourth-order valence-corrected chi connectivity index (χ4v) is 2.72. The Labute approximate surface area is 162 Å². The predicted molar refractivity (Wildman–Crippen MR) is 107 cm³/mol. The smallest absolute Gasteiger partial charge is 0.216 e. The number of aromatic amines is 1. The average molecular weight is 384 g/mol. The Morgan fingerprint density at radius 3 is 2.74 bits per heavy atom. The maximum absolute atomic E-state index is 5.56. The van der Waals surface area contributed by atoms with Gasteiger partial charge in [0.05, 0.1) is 27.0 Å². The molecule has 0 spiro atoms. The molecule has 27 heavy (non-hydrogen) atoms. The van der Waals surface area contributed by atoms with Gasteiger partial charge in [-0.15, -0.1) is 0 Å². The molecule has 2 aromatic carbocycles. The molecule has 0 unspecified atom stereocenters. The number of hydrogen-bond acceptors (Lipinski definition) is 6. The summed E-state index contributed by atoms with van der Waals surface area (Å²) in [6, 6.07) is 13.1. The lowest BCUT2D eigenvalue weighted by atomic mass is 10.2. The third kappa shape index (κ3) is 4.17. The Hall–Kier alpha value is -3.13. The first-order chi connectivity index (χ1) is 13.2. The first-order valence-electron chi connectivity index (χ1n) is 8.33. The van der Waals surface area contributed by atoms with Crippen LogP contribution in [-0.4, -0.2) is 41.9 Å². The van der Waals surface area contributed by atoms with Gasteiger partial charge in [-0.3, -0.25) is 0 Å². The molecule has 3 aromatic rings. The van der Waals surface area contributed by atoms with Crippen LogP contribution in [0.4, 0.5) is 0 Å². The lowest BCUT2D eigenvalue weighted by Gasteiger charge is -2.07. The Bertz CT molecular complexity index is 1010. The highest BCUT2D eigenvalue weighted by Crippen LogP contribution is 2.24. The summed E-state index contributed by atoms with van der Waals surface area (Å²) in [6.45, 7) is 2.53. The molecule has 7 nitrogen and oxygen atoms in total. The monoisotopic (exact) mass is 384 g/mol. The van der Waals surface area contributed by atoms with Crippen molar-refractivity contribution in [1.29, 1.82) is 0 Å². The minimum Gasteiger partial charge on any atom is -0.497 e. The summed E-state index contributed by atoms with van der Waals surface area (Å²) in [5.41, 5.74) is 1.59. The van der Waals surface area contributed by atoms with Crippen molar-refractivity contribution in [2.24, 2.45) is 5.10 Å². The van der Waals surface area contributed by atoms with Gasteiger partial charge in [-0.05, 0) is 49.5 Å². The van der Waals surface area contributed by atoms with Crippen LogP contribution in [0.3, 0.4) is 0 Å². The summed E-state index contributed by atoms with van der Waals surface area (Å²) in [4.78, 5) is 0. The van der Waals surface area contributed by atoms with Crippen LogP contribution in [0.2, 0.25) is 0 Å². The van der Waals surface area contributed by atoms with Gasteiger partial charge < -0.3 is 14.2 Å². The molecule has 1 aromatic heterocycles. The molecule has 0 radical (unpaired) electrons. The van der Waals surface area contributed by atoms with E-state index in [2.05, 4.69) is 15.3 Å². The summed E-state index contributed by atoms with van der Waals surface area (Å²) >= 11 is 5.33. The van der Waals surface area contributed by atoms with Crippen LogP contribution in [0.25, 0.3) is 11.4 Å². The SMILES string of the molecule is CCOc1cccc(-c2n[nH]c(=S)n2/N=C\c2cc(OC)ccc2OC)c1. The molecular formula is C19H20N4O3S. The molecule has 140 valence electrons. The van der Waals surface area contributed by atoms with Crippen LogP contribution < -0.4 is 14.2 Å². The Kier molecular flexibility index (Phi) is 5.87. The van der Waals surface area contributed by atoms with Crippen molar-refractivity contribution in [3.8, 4) is 28.6 Å². The highest BCUT2D eigenvalue weighted by molar-refractivity contribution is 7.71. The fourth-order valence-electron chi connectivity index (χ4n) is 2.54. The predicted octanol–water partition coefficient (Wildman–Crippen LogP) is 3.91. The van der Waals surface area contributed by atoms with E-state index in [0.717, 1.165) is 16.9 Å². The van der Waals surface area contributed by atoms with E-state index in [1.165, 1.54) is 0 Å². The number of methoxy groups -OCH3 is 2. The van der Waals surface area contributed by atoms with Crippen LogP contribution in [0, 0.1) is 4.77 Å². The number of nitrogens with zero attached hydrogens (tertiary/aromatic N) is 3. The van der Waals surface area contributed by atoms with Gasteiger partial charge in [0.1, 0.15) is 17.2 Å². The molecule has 0 saturated carbocycles. The normalized spacial score (nSPS) is 10.9. The lowest BCUT2D eigenvalue weighted by Crippen LogP contribution is -1.98. The molecule has 0 bridgehead atoms. The van der Waals surface area contributed by atoms with Crippen molar-refractivity contribution >= 4 is 18.4 Å². The van der Waals surface area contributed by atoms with E-state index >= 15 is 0 Å². The number of nitrogens with one attached hydrogen (secondary N) is 1. The number of rotatable bonds is 7. The zero-order valence-electron chi connectivity index (χ0n) is 15.3. The number of H-pyrrole nitrogens is 1. The zero-order chi connectivity index (χ0) is 19.2. The maximum atomic E-state index is 5.56. The Morgan fingerprint density at radius 2 is 2.00 bits per heavy atom. The van der Waals surface area contributed by atoms with Crippen LogP contribution >= 0.6 is 12.2 Å². The zero-order valence-corrected chi connectivity index (χ0v) is 16.1.